The molecule has 5 fully saturated rings. The number of esters is 1. The number of rotatable bonds is 23. The van der Waals surface area contributed by atoms with Crippen LogP contribution in [0.2, 0.25) is 0 Å². The molecule has 4 bridgehead atoms. The van der Waals surface area contributed by atoms with E-state index in [0.717, 1.165) is 55.4 Å². The first-order valence-corrected chi connectivity index (χ1v) is 25.3. The standard InChI is InChI=1S/C50H81N5O8.C2HF3O2/c1-12-32(6)44(54(9)43(31(4)5)48(59)53-47(58)42(51-8)30(2)3)40(61-10)25-41(56)55-20-16-19-39(55)45(62-11)33(7)46(57)52-38(24-34-17-14-13-15-18-34)49(60)63-29-50-26-35-21-36(27-50)23-37(22-35)28-50;3-2(4,5)1(6)7/h13-15,17-18,30-33,35-40,42-45,51H,12,16,19-29H2,1-11H3,(H,52,57)(H,53,58,59);(H,6,7)/t32-,33+,35?,36?,37?,38-,39-,40+,42-,43-,44-,45+,50?;/m0./s1. The predicted molar refractivity (Wildman–Crippen MR) is 258 cm³/mol. The van der Waals surface area contributed by atoms with Crippen molar-refractivity contribution in [2.45, 2.75) is 168 Å². The molecule has 9 atom stereocenters. The van der Waals surface area contributed by atoms with E-state index in [9.17, 15) is 37.1 Å². The molecule has 5 aliphatic rings. The highest BCUT2D eigenvalue weighted by Crippen LogP contribution is 2.60. The quantitative estimate of drug-likeness (QED) is 0.0883. The molecule has 0 aromatic heterocycles. The van der Waals surface area contributed by atoms with Crippen LogP contribution in [0.1, 0.15) is 118 Å². The molecule has 1 aromatic rings. The van der Waals surface area contributed by atoms with Gasteiger partial charge in [0, 0.05) is 38.6 Å². The number of carbonyl (C=O) groups excluding carboxylic acids is 5. The lowest BCUT2D eigenvalue weighted by atomic mass is 9.50. The number of benzene rings is 1. The van der Waals surface area contributed by atoms with E-state index in [1.165, 1.54) is 19.3 Å². The van der Waals surface area contributed by atoms with Gasteiger partial charge in [-0.25, -0.2) is 9.59 Å². The third-order valence-electron chi connectivity index (χ3n) is 15.6. The van der Waals surface area contributed by atoms with Crippen molar-refractivity contribution < 1.29 is 61.3 Å². The number of hydrogen-bond donors (Lipinski definition) is 4. The van der Waals surface area contributed by atoms with E-state index >= 15 is 0 Å². The zero-order chi connectivity index (χ0) is 52.2. The van der Waals surface area contributed by atoms with Gasteiger partial charge >= 0.3 is 18.1 Å². The van der Waals surface area contributed by atoms with Crippen LogP contribution in [-0.2, 0) is 49.4 Å². The first-order chi connectivity index (χ1) is 32.9. The van der Waals surface area contributed by atoms with E-state index in [1.807, 2.05) is 74.9 Å². The second-order valence-electron chi connectivity index (χ2n) is 21.4. The number of amides is 4. The van der Waals surface area contributed by atoms with Crippen LogP contribution in [0.25, 0.3) is 0 Å². The number of nitrogens with zero attached hydrogens (tertiary/aromatic N) is 2. The monoisotopic (exact) mass is 994 g/mol. The van der Waals surface area contributed by atoms with Gasteiger partial charge in [-0.05, 0) is 107 Å². The Kier molecular flexibility index (Phi) is 21.7. The molecule has 4 saturated carbocycles. The number of halogens is 3. The fourth-order valence-electron chi connectivity index (χ4n) is 12.5. The molecule has 1 aliphatic heterocycles. The molecule has 1 saturated heterocycles. The fraction of sp³-hybridized carbons (Fsp3) is 0.769. The van der Waals surface area contributed by atoms with Gasteiger partial charge in [0.05, 0.1) is 49.3 Å². The van der Waals surface area contributed by atoms with E-state index in [4.69, 9.17) is 24.1 Å². The molecular formula is C52H82F3N5O10. The van der Waals surface area contributed by atoms with Crippen molar-refractivity contribution in [2.24, 2.45) is 46.8 Å². The van der Waals surface area contributed by atoms with Gasteiger partial charge in [-0.15, -0.1) is 0 Å². The van der Waals surface area contributed by atoms with Crippen LogP contribution >= 0.6 is 0 Å². The topological polar surface area (TPSA) is 193 Å². The zero-order valence-electron chi connectivity index (χ0n) is 43.3. The van der Waals surface area contributed by atoms with Crippen LogP contribution in [0.3, 0.4) is 0 Å². The smallest absolute Gasteiger partial charge is 0.475 e. The molecule has 396 valence electrons. The summed E-state index contributed by atoms with van der Waals surface area (Å²) in [5.74, 6) is -2.97. The largest absolute Gasteiger partial charge is 0.490 e. The van der Waals surface area contributed by atoms with Gasteiger partial charge in [-0.3, -0.25) is 29.4 Å². The molecule has 4 amide bonds. The van der Waals surface area contributed by atoms with Crippen LogP contribution < -0.4 is 16.0 Å². The van der Waals surface area contributed by atoms with Gasteiger partial charge in [-0.1, -0.05) is 85.2 Å². The van der Waals surface area contributed by atoms with Crippen molar-refractivity contribution in [1.29, 1.82) is 0 Å². The number of carboxylic acid groups (broad SMARTS) is 1. The number of nitrogens with one attached hydrogen (secondary N) is 3. The number of likely N-dealkylation sites (tertiary alicyclic amines) is 1. The number of methoxy groups -OCH3 is 2. The molecule has 0 spiro atoms. The molecule has 70 heavy (non-hydrogen) atoms. The summed E-state index contributed by atoms with van der Waals surface area (Å²) in [5.41, 5.74) is 0.980. The molecule has 15 nitrogen and oxygen atoms in total. The highest BCUT2D eigenvalue weighted by Gasteiger charge is 2.52. The zero-order valence-corrected chi connectivity index (χ0v) is 43.3. The van der Waals surface area contributed by atoms with E-state index in [2.05, 4.69) is 29.8 Å². The van der Waals surface area contributed by atoms with Crippen LogP contribution in [0.5, 0.6) is 0 Å². The Hall–Kier alpha value is -4.13. The van der Waals surface area contributed by atoms with Crippen molar-refractivity contribution in [2.75, 3.05) is 41.5 Å². The average molecular weight is 994 g/mol. The predicted octanol–water partition coefficient (Wildman–Crippen LogP) is 6.41. The van der Waals surface area contributed by atoms with Crippen LogP contribution in [-0.4, -0.2) is 141 Å². The van der Waals surface area contributed by atoms with E-state index < -0.39 is 54.4 Å². The van der Waals surface area contributed by atoms with Crippen LogP contribution in [0.4, 0.5) is 13.2 Å². The summed E-state index contributed by atoms with van der Waals surface area (Å²) in [4.78, 5) is 82.4. The van der Waals surface area contributed by atoms with Gasteiger partial charge in [-0.2, -0.15) is 13.2 Å². The highest BCUT2D eigenvalue weighted by atomic mass is 19.4. The lowest BCUT2D eigenvalue weighted by Gasteiger charge is -2.56. The SMILES string of the molecule is CC[C@H](C)[C@@H]([C@@H](CC(=O)N1CCC[C@H]1[C@H](OC)[C@@H](C)C(=O)N[C@@H](Cc1ccccc1)C(=O)OCC12CC3CC(CC(C3)C1)C2)OC)N(C)[C@H](C(=O)NC(=O)[C@@H](NC)C(C)C)C(C)C.O=C(O)C(F)(F)F. The maximum atomic E-state index is 14.5. The van der Waals surface area contributed by atoms with Gasteiger partial charge in [0.2, 0.25) is 23.6 Å². The summed E-state index contributed by atoms with van der Waals surface area (Å²) >= 11 is 0. The summed E-state index contributed by atoms with van der Waals surface area (Å²) in [6.07, 6.45) is 3.55. The fourth-order valence-corrected chi connectivity index (χ4v) is 12.5. The maximum absolute atomic E-state index is 14.5. The normalized spacial score (nSPS) is 25.2. The van der Waals surface area contributed by atoms with Gasteiger partial charge < -0.3 is 34.9 Å². The maximum Gasteiger partial charge on any atom is 0.490 e. The summed E-state index contributed by atoms with van der Waals surface area (Å²) in [6, 6.07) is 6.92. The second-order valence-corrected chi connectivity index (χ2v) is 21.4. The molecule has 1 heterocycles. The van der Waals surface area contributed by atoms with Gasteiger partial charge in [0.25, 0.3) is 0 Å². The highest BCUT2D eigenvalue weighted by molar-refractivity contribution is 6.00. The number of carboxylic acids is 1. The van der Waals surface area contributed by atoms with E-state index in [1.54, 1.807) is 28.2 Å². The first-order valence-electron chi connectivity index (χ1n) is 25.3. The molecule has 4 N–H and O–H groups in total. The van der Waals surface area contributed by atoms with Gasteiger partial charge in [0.1, 0.15) is 6.04 Å². The number of carbonyl (C=O) groups is 6. The lowest BCUT2D eigenvalue weighted by Crippen LogP contribution is -2.60. The Morgan fingerprint density at radius 2 is 1.44 bits per heavy atom. The molecule has 4 aliphatic carbocycles. The van der Waals surface area contributed by atoms with Gasteiger partial charge in [0.15, 0.2) is 0 Å². The van der Waals surface area contributed by atoms with Crippen molar-refractivity contribution >= 4 is 35.6 Å². The number of alkyl halides is 3. The Balaban J connectivity index is 0.00000141. The number of ether oxygens (including phenoxy) is 3. The summed E-state index contributed by atoms with van der Waals surface area (Å²) in [5, 5.41) is 15.9. The number of hydrogen-bond acceptors (Lipinski definition) is 11. The number of aliphatic carboxylic acids is 1. The molecule has 6 rings (SSSR count). The minimum absolute atomic E-state index is 0.0137. The summed E-state index contributed by atoms with van der Waals surface area (Å²) < 4.78 is 50.1. The summed E-state index contributed by atoms with van der Waals surface area (Å²) in [7, 11) is 6.76. The van der Waals surface area contributed by atoms with E-state index in [0.29, 0.717) is 26.0 Å². The average Bonchev–Trinajstić information content (AvgIpc) is 3.77. The van der Waals surface area contributed by atoms with Crippen molar-refractivity contribution in [3.8, 4) is 0 Å². The van der Waals surface area contributed by atoms with Crippen molar-refractivity contribution in [1.82, 2.24) is 25.8 Å². The minimum atomic E-state index is -5.08. The van der Waals surface area contributed by atoms with Crippen LogP contribution in [0, 0.1) is 46.8 Å². The van der Waals surface area contributed by atoms with Crippen molar-refractivity contribution in [3.63, 3.8) is 0 Å². The lowest BCUT2D eigenvalue weighted by molar-refractivity contribution is -0.192. The molecule has 18 heteroatoms. The molecule has 1 aromatic carbocycles. The Morgan fingerprint density at radius 3 is 1.91 bits per heavy atom. The minimum Gasteiger partial charge on any atom is -0.475 e. The second kappa shape index (κ2) is 26.0. The number of imide groups is 1. The summed E-state index contributed by atoms with van der Waals surface area (Å²) in [6.45, 7) is 14.7. The first kappa shape index (κ1) is 58.4. The van der Waals surface area contributed by atoms with Crippen LogP contribution in [0.15, 0.2) is 30.3 Å². The number of likely N-dealkylation sites (N-methyl/N-ethyl adjacent to an activating group) is 2. The Morgan fingerprint density at radius 1 is 0.871 bits per heavy atom. The molecular weight excluding hydrogens is 912 g/mol. The molecule has 0 unspecified atom stereocenters. The molecule has 0 radical (unpaired) electrons. The third-order valence-corrected chi connectivity index (χ3v) is 15.6. The Labute approximate surface area is 413 Å². The van der Waals surface area contributed by atoms with Crippen molar-refractivity contribution in [3.05, 3.63) is 35.9 Å². The van der Waals surface area contributed by atoms with E-state index in [-0.39, 0.29) is 65.3 Å². The third kappa shape index (κ3) is 15.2. The Bertz CT molecular complexity index is 1870.